The molecule has 4 N–H and O–H groups in total. The molecule has 19 heavy (non-hydrogen) atoms. The zero-order valence-electron chi connectivity index (χ0n) is 10.4. The molecule has 2 rings (SSSR count). The van der Waals surface area contributed by atoms with E-state index >= 15 is 0 Å². The Bertz CT molecular complexity index is 423. The predicted octanol–water partition coefficient (Wildman–Crippen LogP) is 1.36. The van der Waals surface area contributed by atoms with Gasteiger partial charge in [0.15, 0.2) is 5.84 Å². The summed E-state index contributed by atoms with van der Waals surface area (Å²) in [6.45, 7) is 1.85. The first-order chi connectivity index (χ1) is 8.67. The van der Waals surface area contributed by atoms with E-state index in [4.69, 9.17) is 10.9 Å². The zero-order chi connectivity index (χ0) is 14.5. The Hall–Kier alpha value is -1.47. The van der Waals surface area contributed by atoms with Crippen LogP contribution >= 0.6 is 0 Å². The number of amidine groups is 1. The van der Waals surface area contributed by atoms with Crippen LogP contribution in [0.2, 0.25) is 0 Å². The Morgan fingerprint density at radius 2 is 1.95 bits per heavy atom. The van der Waals surface area contributed by atoms with Crippen molar-refractivity contribution in [1.29, 1.82) is 0 Å². The van der Waals surface area contributed by atoms with Crippen molar-refractivity contribution < 1.29 is 23.2 Å². The Balaban J connectivity index is 2.15. The number of rotatable bonds is 3. The standard InChI is InChI=1S/C11H16F3N3O2/c1-6-4-9(5-6,7(15)17-19)8(18)16-10(2-3-10)11(12,13)14/h6,19H,2-5H2,1H3,(H2,15,17)(H,16,18). The molecule has 8 heteroatoms. The molecule has 108 valence electrons. The summed E-state index contributed by atoms with van der Waals surface area (Å²) in [4.78, 5) is 12.1. The van der Waals surface area contributed by atoms with E-state index in [1.807, 2.05) is 6.92 Å². The number of amides is 1. The highest BCUT2D eigenvalue weighted by atomic mass is 19.4. The summed E-state index contributed by atoms with van der Waals surface area (Å²) in [6.07, 6.45) is -4.12. The zero-order valence-corrected chi connectivity index (χ0v) is 10.4. The molecule has 0 spiro atoms. The third-order valence-corrected chi connectivity index (χ3v) is 4.07. The van der Waals surface area contributed by atoms with Gasteiger partial charge in [0, 0.05) is 0 Å². The summed E-state index contributed by atoms with van der Waals surface area (Å²) in [6, 6.07) is 0. The van der Waals surface area contributed by atoms with Crippen molar-refractivity contribution in [1.82, 2.24) is 5.32 Å². The topological polar surface area (TPSA) is 87.7 Å². The lowest BCUT2D eigenvalue weighted by Gasteiger charge is -2.44. The van der Waals surface area contributed by atoms with Crippen LogP contribution in [0.3, 0.4) is 0 Å². The number of carbonyl (C=O) groups excluding carboxylic acids is 1. The Morgan fingerprint density at radius 1 is 1.42 bits per heavy atom. The number of nitrogens with two attached hydrogens (primary N) is 1. The van der Waals surface area contributed by atoms with E-state index in [1.54, 1.807) is 0 Å². The summed E-state index contributed by atoms with van der Waals surface area (Å²) < 4.78 is 38.4. The van der Waals surface area contributed by atoms with E-state index < -0.39 is 23.0 Å². The number of halogens is 3. The summed E-state index contributed by atoms with van der Waals surface area (Å²) >= 11 is 0. The molecular formula is C11H16F3N3O2. The van der Waals surface area contributed by atoms with Crippen LogP contribution in [-0.2, 0) is 4.79 Å². The van der Waals surface area contributed by atoms with Gasteiger partial charge in [0.2, 0.25) is 5.91 Å². The minimum absolute atomic E-state index is 0.121. The molecule has 0 aliphatic heterocycles. The highest BCUT2D eigenvalue weighted by Gasteiger charge is 2.66. The lowest BCUT2D eigenvalue weighted by Crippen LogP contribution is -2.61. The van der Waals surface area contributed by atoms with Crippen molar-refractivity contribution in [3.63, 3.8) is 0 Å². The fraction of sp³-hybridized carbons (Fsp3) is 0.818. The molecule has 1 amide bonds. The minimum Gasteiger partial charge on any atom is -0.409 e. The summed E-state index contributed by atoms with van der Waals surface area (Å²) in [5.41, 5.74) is 2.07. The second-order valence-corrected chi connectivity index (χ2v) is 5.61. The van der Waals surface area contributed by atoms with Crippen LogP contribution in [0.25, 0.3) is 0 Å². The summed E-state index contributed by atoms with van der Waals surface area (Å²) in [5, 5.41) is 13.6. The van der Waals surface area contributed by atoms with Crippen LogP contribution < -0.4 is 11.1 Å². The molecule has 2 aliphatic carbocycles. The van der Waals surface area contributed by atoms with Gasteiger partial charge in [0.1, 0.15) is 11.0 Å². The largest absolute Gasteiger partial charge is 0.411 e. The van der Waals surface area contributed by atoms with Crippen LogP contribution in [0.1, 0.15) is 32.6 Å². The normalized spacial score (nSPS) is 33.5. The Kier molecular flexibility index (Phi) is 2.94. The second kappa shape index (κ2) is 4.01. The van der Waals surface area contributed by atoms with Crippen molar-refractivity contribution in [3.8, 4) is 0 Å². The van der Waals surface area contributed by atoms with Crippen molar-refractivity contribution in [3.05, 3.63) is 0 Å². The third kappa shape index (κ3) is 2.02. The average Bonchev–Trinajstić information content (AvgIpc) is 3.03. The molecule has 0 aromatic carbocycles. The quantitative estimate of drug-likeness (QED) is 0.315. The van der Waals surface area contributed by atoms with Gasteiger partial charge in [0.25, 0.3) is 0 Å². The molecule has 0 radical (unpaired) electrons. The lowest BCUT2D eigenvalue weighted by molar-refractivity contribution is -0.173. The maximum absolute atomic E-state index is 12.8. The van der Waals surface area contributed by atoms with Gasteiger partial charge in [-0.15, -0.1) is 0 Å². The fourth-order valence-electron chi connectivity index (χ4n) is 2.68. The van der Waals surface area contributed by atoms with Crippen molar-refractivity contribution >= 4 is 11.7 Å². The van der Waals surface area contributed by atoms with Gasteiger partial charge in [0.05, 0.1) is 0 Å². The van der Waals surface area contributed by atoms with Crippen LogP contribution in [0.5, 0.6) is 0 Å². The number of hydrogen-bond acceptors (Lipinski definition) is 3. The molecule has 2 aliphatic rings. The summed E-state index contributed by atoms with van der Waals surface area (Å²) in [7, 11) is 0. The van der Waals surface area contributed by atoms with Gasteiger partial charge in [-0.2, -0.15) is 13.2 Å². The van der Waals surface area contributed by atoms with Crippen molar-refractivity contribution in [2.75, 3.05) is 0 Å². The third-order valence-electron chi connectivity index (χ3n) is 4.07. The molecule has 2 fully saturated rings. The smallest absolute Gasteiger partial charge is 0.409 e. The average molecular weight is 279 g/mol. The molecule has 0 aromatic heterocycles. The van der Waals surface area contributed by atoms with Gasteiger partial charge < -0.3 is 16.3 Å². The highest BCUT2D eigenvalue weighted by molar-refractivity contribution is 6.08. The lowest BCUT2D eigenvalue weighted by atomic mass is 9.61. The number of hydrogen-bond donors (Lipinski definition) is 3. The van der Waals surface area contributed by atoms with E-state index in [-0.39, 0.29) is 24.6 Å². The molecule has 0 heterocycles. The highest BCUT2D eigenvalue weighted by Crippen LogP contribution is 2.51. The predicted molar refractivity (Wildman–Crippen MR) is 60.4 cm³/mol. The summed E-state index contributed by atoms with van der Waals surface area (Å²) in [5.74, 6) is -0.955. The first-order valence-electron chi connectivity index (χ1n) is 6.04. The maximum atomic E-state index is 12.8. The Morgan fingerprint density at radius 3 is 2.26 bits per heavy atom. The SMILES string of the molecule is CC1CC(C(=O)NC2(C(F)(F)F)CC2)(C(N)=NO)C1. The van der Waals surface area contributed by atoms with E-state index in [2.05, 4.69) is 10.5 Å². The molecular weight excluding hydrogens is 263 g/mol. The van der Waals surface area contributed by atoms with E-state index in [0.29, 0.717) is 12.8 Å². The number of alkyl halides is 3. The minimum atomic E-state index is -4.47. The van der Waals surface area contributed by atoms with Gasteiger partial charge in [-0.3, -0.25) is 4.79 Å². The van der Waals surface area contributed by atoms with Crippen LogP contribution in [0, 0.1) is 11.3 Å². The van der Waals surface area contributed by atoms with Gasteiger partial charge in [-0.25, -0.2) is 0 Å². The molecule has 2 saturated carbocycles. The number of nitrogens with zero attached hydrogens (tertiary/aromatic N) is 1. The molecule has 0 aromatic rings. The van der Waals surface area contributed by atoms with Crippen LogP contribution in [-0.4, -0.2) is 28.7 Å². The Labute approximate surface area is 108 Å². The molecule has 0 atom stereocenters. The van der Waals surface area contributed by atoms with Crippen LogP contribution in [0.4, 0.5) is 13.2 Å². The van der Waals surface area contributed by atoms with Gasteiger partial charge in [-0.05, 0) is 31.6 Å². The van der Waals surface area contributed by atoms with Crippen molar-refractivity contribution in [2.24, 2.45) is 22.2 Å². The first-order valence-corrected chi connectivity index (χ1v) is 6.04. The fourth-order valence-corrected chi connectivity index (χ4v) is 2.68. The maximum Gasteiger partial charge on any atom is 0.411 e. The van der Waals surface area contributed by atoms with Crippen molar-refractivity contribution in [2.45, 2.75) is 44.3 Å². The van der Waals surface area contributed by atoms with Crippen LogP contribution in [0.15, 0.2) is 5.16 Å². The van der Waals surface area contributed by atoms with E-state index in [0.717, 1.165) is 0 Å². The molecule has 0 unspecified atom stereocenters. The number of carbonyl (C=O) groups is 1. The number of nitrogens with one attached hydrogen (secondary N) is 1. The second-order valence-electron chi connectivity index (χ2n) is 5.61. The van der Waals surface area contributed by atoms with Gasteiger partial charge >= 0.3 is 6.18 Å². The monoisotopic (exact) mass is 279 g/mol. The van der Waals surface area contributed by atoms with E-state index in [1.165, 1.54) is 0 Å². The number of oxime groups is 1. The molecule has 0 bridgehead atoms. The molecule has 0 saturated heterocycles. The first kappa shape index (κ1) is 14.0. The molecule has 5 nitrogen and oxygen atoms in total. The van der Waals surface area contributed by atoms with E-state index in [9.17, 15) is 18.0 Å². The van der Waals surface area contributed by atoms with Gasteiger partial charge in [-0.1, -0.05) is 12.1 Å².